The van der Waals surface area contributed by atoms with Crippen LogP contribution in [0.3, 0.4) is 0 Å². The fourth-order valence-electron chi connectivity index (χ4n) is 10.0. The van der Waals surface area contributed by atoms with Crippen molar-refractivity contribution < 1.29 is 0 Å². The van der Waals surface area contributed by atoms with E-state index in [4.69, 9.17) is 15.0 Å². The lowest BCUT2D eigenvalue weighted by Crippen LogP contribution is -2.15. The molecule has 0 aliphatic heterocycles. The Balaban J connectivity index is 1.15. The number of benzene rings is 8. The number of hydrogen-bond donors (Lipinski definition) is 0. The van der Waals surface area contributed by atoms with Crippen LogP contribution < -0.4 is 0 Å². The van der Waals surface area contributed by atoms with Crippen LogP contribution >= 0.6 is 0 Å². The minimum Gasteiger partial charge on any atom is -0.278 e. The summed E-state index contributed by atoms with van der Waals surface area (Å²) in [5.74, 6) is 1.80. The lowest BCUT2D eigenvalue weighted by Gasteiger charge is -2.21. The molecule has 4 heteroatoms. The molecular weight excluding hydrogens is 777 g/mol. The number of fused-ring (bicyclic) bond motifs is 6. The third-order valence-corrected chi connectivity index (χ3v) is 13.2. The van der Waals surface area contributed by atoms with Crippen LogP contribution in [0.2, 0.25) is 0 Å². The normalized spacial score (nSPS) is 13.8. The molecule has 12 rings (SSSR count). The average molecular weight is 821 g/mol. The second-order valence-electron chi connectivity index (χ2n) is 17.6. The van der Waals surface area contributed by atoms with Crippen LogP contribution in [0, 0.1) is 0 Å². The Morgan fingerprint density at radius 2 is 0.938 bits per heavy atom. The Kier molecular flexibility index (Phi) is 8.94. The Labute approximate surface area is 373 Å². The summed E-state index contributed by atoms with van der Waals surface area (Å²) >= 11 is 0. The van der Waals surface area contributed by atoms with E-state index in [0.717, 1.165) is 79.3 Å². The van der Waals surface area contributed by atoms with Gasteiger partial charge in [-0.3, -0.25) is 4.57 Å². The molecule has 4 nitrogen and oxygen atoms in total. The van der Waals surface area contributed by atoms with Crippen molar-refractivity contribution in [2.24, 2.45) is 0 Å². The van der Waals surface area contributed by atoms with Crippen molar-refractivity contribution in [1.82, 2.24) is 19.5 Å². The minimum atomic E-state index is -0.181. The van der Waals surface area contributed by atoms with Crippen molar-refractivity contribution in [1.29, 1.82) is 0 Å². The lowest BCUT2D eigenvalue weighted by atomic mass is 9.82. The van der Waals surface area contributed by atoms with Gasteiger partial charge in [0, 0.05) is 27.3 Å². The second kappa shape index (κ2) is 15.1. The quantitative estimate of drug-likeness (QED) is 0.161. The molecule has 0 saturated heterocycles. The van der Waals surface area contributed by atoms with E-state index >= 15 is 0 Å². The van der Waals surface area contributed by atoms with Crippen LogP contribution in [0.15, 0.2) is 206 Å². The molecule has 2 aliphatic carbocycles. The van der Waals surface area contributed by atoms with Crippen molar-refractivity contribution in [3.8, 4) is 73.2 Å². The highest BCUT2D eigenvalue weighted by Crippen LogP contribution is 2.51. The molecule has 0 N–H and O–H groups in total. The summed E-state index contributed by atoms with van der Waals surface area (Å²) in [6.07, 6.45) is 8.92. The van der Waals surface area contributed by atoms with Gasteiger partial charge in [0.15, 0.2) is 11.6 Å². The summed E-state index contributed by atoms with van der Waals surface area (Å²) in [7, 11) is 0. The molecule has 2 heterocycles. The van der Waals surface area contributed by atoms with Gasteiger partial charge in [-0.25, -0.2) is 4.98 Å². The van der Waals surface area contributed by atoms with E-state index in [0.29, 0.717) is 17.6 Å². The summed E-state index contributed by atoms with van der Waals surface area (Å²) in [5.41, 5.74) is 18.1. The first-order valence-electron chi connectivity index (χ1n) is 22.2. The Morgan fingerprint density at radius 3 is 1.55 bits per heavy atom. The highest BCUT2D eigenvalue weighted by molar-refractivity contribution is 6.11. The first kappa shape index (κ1) is 37.8. The number of para-hydroxylation sites is 1. The van der Waals surface area contributed by atoms with Gasteiger partial charge in [0.1, 0.15) is 0 Å². The average Bonchev–Trinajstić information content (AvgIpc) is 3.81. The molecular formula is C60H44N4. The summed E-state index contributed by atoms with van der Waals surface area (Å²) in [4.78, 5) is 16.5. The van der Waals surface area contributed by atoms with E-state index in [1.807, 2.05) is 0 Å². The monoisotopic (exact) mass is 820 g/mol. The van der Waals surface area contributed by atoms with Gasteiger partial charge in [-0.2, -0.15) is 9.97 Å². The van der Waals surface area contributed by atoms with Gasteiger partial charge < -0.3 is 0 Å². The molecule has 0 amide bonds. The van der Waals surface area contributed by atoms with Crippen LogP contribution in [-0.2, 0) is 5.41 Å². The maximum atomic E-state index is 5.53. The van der Waals surface area contributed by atoms with Crippen LogP contribution in [0.25, 0.3) is 101 Å². The van der Waals surface area contributed by atoms with Gasteiger partial charge in [-0.1, -0.05) is 166 Å². The Bertz CT molecular complexity index is 3450. The Morgan fingerprint density at radius 1 is 0.406 bits per heavy atom. The van der Waals surface area contributed by atoms with Gasteiger partial charge in [0.05, 0.1) is 11.0 Å². The highest BCUT2D eigenvalue weighted by Gasteiger charge is 2.36. The molecule has 0 unspecified atom stereocenters. The molecule has 8 aromatic carbocycles. The molecule has 10 aromatic rings. The van der Waals surface area contributed by atoms with Crippen LogP contribution in [0.5, 0.6) is 0 Å². The molecule has 0 fully saturated rings. The second-order valence-corrected chi connectivity index (χ2v) is 17.6. The molecule has 0 spiro atoms. The number of rotatable bonds is 7. The Hall–Kier alpha value is -7.95. The topological polar surface area (TPSA) is 43.6 Å². The summed E-state index contributed by atoms with van der Waals surface area (Å²) in [6, 6.07) is 67.6. The van der Waals surface area contributed by atoms with Crippen molar-refractivity contribution in [2.75, 3.05) is 0 Å². The molecule has 304 valence electrons. The van der Waals surface area contributed by atoms with Gasteiger partial charge in [0.2, 0.25) is 5.95 Å². The molecule has 64 heavy (non-hydrogen) atoms. The van der Waals surface area contributed by atoms with E-state index < -0.39 is 0 Å². The number of nitrogens with zero attached hydrogens (tertiary/aromatic N) is 4. The van der Waals surface area contributed by atoms with E-state index in [9.17, 15) is 0 Å². The van der Waals surface area contributed by atoms with Gasteiger partial charge in [0.25, 0.3) is 0 Å². The van der Waals surface area contributed by atoms with Crippen molar-refractivity contribution in [3.63, 3.8) is 0 Å². The van der Waals surface area contributed by atoms with E-state index in [1.54, 1.807) is 0 Å². The predicted octanol–water partition coefficient (Wildman–Crippen LogP) is 15.3. The van der Waals surface area contributed by atoms with Crippen molar-refractivity contribution >= 4 is 27.4 Å². The van der Waals surface area contributed by atoms with E-state index in [2.05, 4.69) is 225 Å². The fourth-order valence-corrected chi connectivity index (χ4v) is 10.0. The predicted molar refractivity (Wildman–Crippen MR) is 265 cm³/mol. The molecule has 0 bridgehead atoms. The molecule has 2 aromatic heterocycles. The van der Waals surface area contributed by atoms with Crippen LogP contribution in [0.4, 0.5) is 0 Å². The van der Waals surface area contributed by atoms with Gasteiger partial charge in [-0.15, -0.1) is 0 Å². The number of hydrogen-bond acceptors (Lipinski definition) is 3. The molecule has 0 saturated carbocycles. The standard InChI is InChI=1S/C60H44N4/c1-60(2)53-29-17-15-27-49(53)51-37-52-50-28-16-18-30-55(50)64(56(52)38-54(51)60)59-62-57(47-33-43(39-19-7-3-8-20-39)31-44(34-47)40-21-9-4-10-22-40)61-58(63-59)48-35-45(41-23-11-5-12-24-41)32-46(36-48)42-25-13-6-14-26-42/h3-5,7-13,15-38H,6,14H2,1-2H3. The first-order chi connectivity index (χ1) is 31.5. The van der Waals surface area contributed by atoms with E-state index in [1.165, 1.54) is 33.2 Å². The smallest absolute Gasteiger partial charge is 0.238 e. The van der Waals surface area contributed by atoms with Crippen molar-refractivity contribution in [2.45, 2.75) is 32.1 Å². The zero-order valence-electron chi connectivity index (χ0n) is 35.8. The fraction of sp³-hybridized carbons (Fsp3) is 0.0833. The SMILES string of the molecule is CC1(C)c2ccccc2-c2cc3c4ccccc4n(-c4nc(-c5cc(C6=CCCC=C6)cc(-c6ccccc6)c5)nc(-c5cc(-c6ccccc6)cc(-c6ccccc6)c5)n4)c3cc21. The van der Waals surface area contributed by atoms with Gasteiger partial charge >= 0.3 is 0 Å². The largest absolute Gasteiger partial charge is 0.278 e. The number of aromatic nitrogens is 4. The zero-order valence-corrected chi connectivity index (χ0v) is 35.8. The van der Waals surface area contributed by atoms with Crippen molar-refractivity contribution in [3.05, 3.63) is 223 Å². The molecule has 0 radical (unpaired) electrons. The summed E-state index contributed by atoms with van der Waals surface area (Å²) < 4.78 is 2.27. The van der Waals surface area contributed by atoms with Crippen LogP contribution in [-0.4, -0.2) is 19.5 Å². The maximum Gasteiger partial charge on any atom is 0.238 e. The maximum absolute atomic E-state index is 5.53. The third kappa shape index (κ3) is 6.41. The summed E-state index contributed by atoms with van der Waals surface area (Å²) in [5, 5.41) is 2.33. The van der Waals surface area contributed by atoms with E-state index in [-0.39, 0.29) is 5.41 Å². The summed E-state index contributed by atoms with van der Waals surface area (Å²) in [6.45, 7) is 4.68. The lowest BCUT2D eigenvalue weighted by molar-refractivity contribution is 0.661. The zero-order chi connectivity index (χ0) is 42.8. The molecule has 0 atom stereocenters. The number of allylic oxidation sites excluding steroid dienone is 4. The first-order valence-corrected chi connectivity index (χ1v) is 22.2. The third-order valence-electron chi connectivity index (χ3n) is 13.2. The van der Waals surface area contributed by atoms with Gasteiger partial charge in [-0.05, 0) is 134 Å². The molecule has 2 aliphatic rings. The minimum absolute atomic E-state index is 0.181. The van der Waals surface area contributed by atoms with Crippen LogP contribution in [0.1, 0.15) is 43.4 Å². The highest BCUT2D eigenvalue weighted by atomic mass is 15.2.